The Kier molecular flexibility index (Phi) is 4.28. The molecule has 2 amide bonds. The summed E-state index contributed by atoms with van der Waals surface area (Å²) in [5.41, 5.74) is 2.90. The second kappa shape index (κ2) is 7.24. The number of hydrogen-bond donors (Lipinski definition) is 2. The third-order valence-corrected chi connectivity index (χ3v) is 6.28. The third kappa shape index (κ3) is 2.90. The summed E-state index contributed by atoms with van der Waals surface area (Å²) in [4.78, 5) is 43.7. The molecule has 0 radical (unpaired) electrons. The minimum atomic E-state index is -0.919. The van der Waals surface area contributed by atoms with E-state index in [1.54, 1.807) is 24.4 Å². The summed E-state index contributed by atoms with van der Waals surface area (Å²) < 4.78 is 19.9. The number of hydrogen-bond acceptors (Lipinski definition) is 6. The number of nitrogens with zero attached hydrogens (tertiary/aromatic N) is 2. The summed E-state index contributed by atoms with van der Waals surface area (Å²) in [6, 6.07) is 9.20. The monoisotopic (exact) mass is 457 g/mol. The van der Waals surface area contributed by atoms with Gasteiger partial charge in [0.15, 0.2) is 0 Å². The van der Waals surface area contributed by atoms with Crippen LogP contribution in [0.1, 0.15) is 23.1 Å². The molecule has 2 N–H and O–H groups in total. The number of carbonyl (C=O) groups is 3. The van der Waals surface area contributed by atoms with Crippen LogP contribution in [0.4, 0.5) is 10.1 Å². The number of rotatable bonds is 4. The van der Waals surface area contributed by atoms with Crippen LogP contribution in [0.25, 0.3) is 16.5 Å². The van der Waals surface area contributed by atoms with Gasteiger partial charge in [0.25, 0.3) is 11.8 Å². The van der Waals surface area contributed by atoms with Crippen molar-refractivity contribution < 1.29 is 28.3 Å². The van der Waals surface area contributed by atoms with Crippen LogP contribution in [-0.4, -0.2) is 34.6 Å². The molecule has 1 unspecified atom stereocenters. The third-order valence-electron chi connectivity index (χ3n) is 6.28. The van der Waals surface area contributed by atoms with Crippen LogP contribution in [0.2, 0.25) is 0 Å². The Hall–Kier alpha value is -4.53. The number of carbonyl (C=O) groups excluding carboxylic acids is 2. The highest BCUT2D eigenvalue weighted by Gasteiger charge is 2.40. The van der Waals surface area contributed by atoms with Gasteiger partial charge in [-0.3, -0.25) is 24.7 Å². The Labute approximate surface area is 191 Å². The van der Waals surface area contributed by atoms with Crippen molar-refractivity contribution in [1.29, 1.82) is 0 Å². The zero-order valence-corrected chi connectivity index (χ0v) is 17.5. The van der Waals surface area contributed by atoms with Crippen LogP contribution in [0.15, 0.2) is 70.0 Å². The lowest BCUT2D eigenvalue weighted by molar-refractivity contribution is -0.137. The van der Waals surface area contributed by atoms with Crippen molar-refractivity contribution in [1.82, 2.24) is 5.32 Å². The van der Waals surface area contributed by atoms with Gasteiger partial charge in [-0.2, -0.15) is 0 Å². The van der Waals surface area contributed by atoms with E-state index >= 15 is 0 Å². The molecule has 0 aliphatic carbocycles. The number of aliphatic carboxylic acids is 1. The van der Waals surface area contributed by atoms with Crippen molar-refractivity contribution in [2.24, 2.45) is 4.99 Å². The molecule has 4 heterocycles. The average Bonchev–Trinajstić information content (AvgIpc) is 3.41. The molecule has 8 nitrogen and oxygen atoms in total. The quantitative estimate of drug-likeness (QED) is 0.582. The smallest absolute Gasteiger partial charge is 0.305 e. The molecular weight excluding hydrogens is 441 g/mol. The second-order valence-electron chi connectivity index (χ2n) is 8.28. The van der Waals surface area contributed by atoms with Crippen molar-refractivity contribution in [2.75, 3.05) is 4.90 Å². The van der Waals surface area contributed by atoms with Gasteiger partial charge >= 0.3 is 5.97 Å². The SMILES string of the molecule is O=C(O)CC1Cc2cccc3c2N1C=CN=C3C1=C(c2cc(F)cc3ccoc23)C(=O)NC1=O. The molecule has 0 saturated carbocycles. The zero-order valence-electron chi connectivity index (χ0n) is 17.5. The topological polar surface area (TPSA) is 112 Å². The molecule has 0 fully saturated rings. The fourth-order valence-electron chi connectivity index (χ4n) is 4.97. The number of nitrogens with one attached hydrogen (secondary N) is 1. The van der Waals surface area contributed by atoms with Crippen LogP contribution in [0.5, 0.6) is 0 Å². The highest BCUT2D eigenvalue weighted by atomic mass is 19.1. The Bertz CT molecular complexity index is 1530. The Balaban J connectivity index is 1.58. The first-order valence-electron chi connectivity index (χ1n) is 10.6. The van der Waals surface area contributed by atoms with Crippen molar-refractivity contribution in [3.05, 3.63) is 83.1 Å². The van der Waals surface area contributed by atoms with Gasteiger partial charge in [0.05, 0.1) is 35.2 Å². The maximum absolute atomic E-state index is 14.4. The Morgan fingerprint density at radius 2 is 2.00 bits per heavy atom. The normalized spacial score (nSPS) is 18.9. The number of fused-ring (bicyclic) bond motifs is 1. The summed E-state index contributed by atoms with van der Waals surface area (Å²) >= 11 is 0. The zero-order chi connectivity index (χ0) is 23.6. The van der Waals surface area contributed by atoms with E-state index in [4.69, 9.17) is 4.42 Å². The number of imide groups is 1. The molecule has 34 heavy (non-hydrogen) atoms. The summed E-state index contributed by atoms with van der Waals surface area (Å²) in [5, 5.41) is 12.1. The molecule has 0 saturated heterocycles. The van der Waals surface area contributed by atoms with Gasteiger partial charge in [-0.1, -0.05) is 18.2 Å². The number of furan rings is 1. The Morgan fingerprint density at radius 1 is 1.18 bits per heavy atom. The highest BCUT2D eigenvalue weighted by Crippen LogP contribution is 2.41. The lowest BCUT2D eigenvalue weighted by Crippen LogP contribution is -2.30. The van der Waals surface area contributed by atoms with Crippen LogP contribution < -0.4 is 10.2 Å². The van der Waals surface area contributed by atoms with E-state index in [2.05, 4.69) is 10.3 Å². The number of halogens is 1. The van der Waals surface area contributed by atoms with Gasteiger partial charge in [-0.05, 0) is 30.2 Å². The van der Waals surface area contributed by atoms with Gasteiger partial charge in [-0.25, -0.2) is 4.39 Å². The van der Waals surface area contributed by atoms with Gasteiger partial charge in [0, 0.05) is 35.0 Å². The number of amides is 2. The lowest BCUT2D eigenvalue weighted by atomic mass is 9.92. The number of carboxylic acids is 1. The minimum Gasteiger partial charge on any atom is -0.481 e. The largest absolute Gasteiger partial charge is 0.481 e. The van der Waals surface area contributed by atoms with Gasteiger partial charge < -0.3 is 14.4 Å². The number of carboxylic acid groups (broad SMARTS) is 1. The van der Waals surface area contributed by atoms with E-state index in [1.807, 2.05) is 11.0 Å². The molecule has 6 rings (SSSR count). The van der Waals surface area contributed by atoms with Crippen molar-refractivity contribution in [2.45, 2.75) is 18.9 Å². The number of para-hydroxylation sites is 1. The van der Waals surface area contributed by atoms with E-state index in [-0.39, 0.29) is 40.5 Å². The maximum Gasteiger partial charge on any atom is 0.305 e. The molecule has 3 aliphatic heterocycles. The number of benzene rings is 2. The van der Waals surface area contributed by atoms with Crippen molar-refractivity contribution in [3.8, 4) is 0 Å². The summed E-state index contributed by atoms with van der Waals surface area (Å²) in [6.07, 6.45) is 4.99. The molecule has 3 aromatic rings. The second-order valence-corrected chi connectivity index (χ2v) is 8.28. The van der Waals surface area contributed by atoms with Gasteiger partial charge in [0.1, 0.15) is 11.4 Å². The van der Waals surface area contributed by atoms with Gasteiger partial charge in [-0.15, -0.1) is 0 Å². The first kappa shape index (κ1) is 20.1. The van der Waals surface area contributed by atoms with Crippen LogP contribution in [0.3, 0.4) is 0 Å². The van der Waals surface area contributed by atoms with E-state index < -0.39 is 23.6 Å². The fourth-order valence-corrected chi connectivity index (χ4v) is 4.97. The summed E-state index contributed by atoms with van der Waals surface area (Å²) in [6.45, 7) is 0. The highest BCUT2D eigenvalue weighted by molar-refractivity contribution is 6.48. The number of anilines is 1. The molecule has 2 aromatic carbocycles. The van der Waals surface area contributed by atoms with Crippen LogP contribution in [-0.2, 0) is 20.8 Å². The molecule has 3 aliphatic rings. The van der Waals surface area contributed by atoms with E-state index in [1.165, 1.54) is 18.5 Å². The molecule has 0 bridgehead atoms. The summed E-state index contributed by atoms with van der Waals surface area (Å²) in [5.74, 6) is -2.82. The molecule has 168 valence electrons. The molecule has 1 atom stereocenters. The molecule has 0 spiro atoms. The Morgan fingerprint density at radius 3 is 2.82 bits per heavy atom. The predicted octanol–water partition coefficient (Wildman–Crippen LogP) is 3.16. The van der Waals surface area contributed by atoms with Crippen LogP contribution >= 0.6 is 0 Å². The van der Waals surface area contributed by atoms with Gasteiger partial charge in [0.2, 0.25) is 0 Å². The predicted molar refractivity (Wildman–Crippen MR) is 121 cm³/mol. The van der Waals surface area contributed by atoms with E-state index in [9.17, 15) is 23.9 Å². The molecule has 9 heteroatoms. The van der Waals surface area contributed by atoms with E-state index in [0.29, 0.717) is 17.4 Å². The van der Waals surface area contributed by atoms with E-state index in [0.717, 1.165) is 17.3 Å². The van der Waals surface area contributed by atoms with Crippen molar-refractivity contribution >= 4 is 45.7 Å². The average molecular weight is 457 g/mol. The fraction of sp³-hybridized carbons (Fsp3) is 0.120. The molecular formula is C25H16FN3O5. The van der Waals surface area contributed by atoms with Crippen molar-refractivity contribution in [3.63, 3.8) is 0 Å². The maximum atomic E-state index is 14.4. The lowest BCUT2D eigenvalue weighted by Gasteiger charge is -2.23. The summed E-state index contributed by atoms with van der Waals surface area (Å²) in [7, 11) is 0. The standard InChI is InChI=1S/C25H16FN3O5/c26-14-8-13-4-7-34-23(13)17(10-14)19-20(25(33)28-24(19)32)21-16-3-1-2-12-9-15(11-18(30)31)29(22(12)16)6-5-27-21/h1-8,10,15H,9,11H2,(H,30,31)(H,28,32,33). The number of aliphatic imine (C=N–C) groups is 1. The first-order chi connectivity index (χ1) is 16.4. The molecule has 1 aromatic heterocycles. The van der Waals surface area contributed by atoms with Crippen LogP contribution in [0, 0.1) is 5.82 Å². The first-order valence-corrected chi connectivity index (χ1v) is 10.6. The minimum absolute atomic E-state index is 0.00915.